The van der Waals surface area contributed by atoms with E-state index in [2.05, 4.69) is 17.3 Å². The number of aryl methyl sites for hydroxylation is 2. The van der Waals surface area contributed by atoms with Gasteiger partial charge in [0.2, 0.25) is 0 Å². The van der Waals surface area contributed by atoms with Crippen molar-refractivity contribution in [2.75, 3.05) is 0 Å². The second-order valence-electron chi connectivity index (χ2n) is 3.02. The van der Waals surface area contributed by atoms with E-state index in [1.807, 2.05) is 13.8 Å². The van der Waals surface area contributed by atoms with Crippen molar-refractivity contribution >= 4 is 11.3 Å². The summed E-state index contributed by atoms with van der Waals surface area (Å²) < 4.78 is 0. The topological polar surface area (TPSA) is 50.9 Å². The predicted octanol–water partition coefficient (Wildman–Crippen LogP) is 1.15. The number of hydrogen-bond donors (Lipinski definition) is 2. The van der Waals surface area contributed by atoms with Gasteiger partial charge in [-0.1, -0.05) is 0 Å². The number of nitrogens with zero attached hydrogens (tertiary/aromatic N) is 1. The molecule has 0 aliphatic heterocycles. The van der Waals surface area contributed by atoms with Gasteiger partial charge in [0.25, 0.3) is 0 Å². The lowest BCUT2D eigenvalue weighted by molar-refractivity contribution is 0.566. The summed E-state index contributed by atoms with van der Waals surface area (Å²) in [7, 11) is 0. The van der Waals surface area contributed by atoms with Crippen LogP contribution in [0.5, 0.6) is 0 Å². The van der Waals surface area contributed by atoms with Crippen LogP contribution in [-0.4, -0.2) is 11.0 Å². The van der Waals surface area contributed by atoms with Crippen LogP contribution in [0.1, 0.15) is 22.5 Å². The minimum absolute atomic E-state index is 0.301. The molecule has 1 heterocycles. The molecule has 0 saturated heterocycles. The third kappa shape index (κ3) is 2.27. The number of aromatic nitrogens is 1. The van der Waals surface area contributed by atoms with Crippen LogP contribution in [0.15, 0.2) is 0 Å². The molecule has 1 aromatic heterocycles. The van der Waals surface area contributed by atoms with Crippen molar-refractivity contribution in [2.45, 2.75) is 33.2 Å². The molecule has 1 unspecified atom stereocenters. The molecule has 1 rings (SSSR count). The van der Waals surface area contributed by atoms with Crippen molar-refractivity contribution in [3.63, 3.8) is 0 Å². The molecule has 0 amide bonds. The minimum Gasteiger partial charge on any atom is -0.271 e. The molecule has 4 heteroatoms. The second-order valence-corrected chi connectivity index (χ2v) is 4.31. The Morgan fingerprint density at radius 1 is 1.58 bits per heavy atom. The molecule has 1 atom stereocenters. The molecule has 0 bridgehead atoms. The Hall–Kier alpha value is -0.450. The van der Waals surface area contributed by atoms with Gasteiger partial charge in [0.05, 0.1) is 10.7 Å². The highest BCUT2D eigenvalue weighted by molar-refractivity contribution is 7.11. The maximum absolute atomic E-state index is 5.29. The largest absolute Gasteiger partial charge is 0.271 e. The molecule has 0 saturated carbocycles. The molecule has 3 N–H and O–H groups in total. The molecule has 1 aromatic rings. The van der Waals surface area contributed by atoms with Crippen LogP contribution < -0.4 is 11.3 Å². The van der Waals surface area contributed by atoms with E-state index in [-0.39, 0.29) is 0 Å². The van der Waals surface area contributed by atoms with Crippen LogP contribution in [-0.2, 0) is 6.42 Å². The van der Waals surface area contributed by atoms with Gasteiger partial charge >= 0.3 is 0 Å². The van der Waals surface area contributed by atoms with Crippen LogP contribution in [0.25, 0.3) is 0 Å². The predicted molar refractivity (Wildman–Crippen MR) is 52.1 cm³/mol. The maximum Gasteiger partial charge on any atom is 0.0946 e. The molecule has 12 heavy (non-hydrogen) atoms. The lowest BCUT2D eigenvalue weighted by atomic mass is 10.2. The van der Waals surface area contributed by atoms with E-state index in [1.54, 1.807) is 11.3 Å². The van der Waals surface area contributed by atoms with Crippen molar-refractivity contribution in [2.24, 2.45) is 5.84 Å². The van der Waals surface area contributed by atoms with Crippen LogP contribution in [0.2, 0.25) is 0 Å². The highest BCUT2D eigenvalue weighted by atomic mass is 32.1. The molecule has 0 aliphatic rings. The fourth-order valence-electron chi connectivity index (χ4n) is 0.947. The lowest BCUT2D eigenvalue weighted by Crippen LogP contribution is -2.33. The standard InChI is InChI=1S/C8H15N3S/c1-5(11-9)4-8-10-6(2)7(3)12-8/h5,11H,4,9H2,1-3H3. The molecule has 0 aliphatic carbocycles. The molecule has 68 valence electrons. The zero-order valence-corrected chi connectivity index (χ0v) is 8.53. The van der Waals surface area contributed by atoms with E-state index in [9.17, 15) is 0 Å². The average Bonchev–Trinajstić information content (AvgIpc) is 2.31. The summed E-state index contributed by atoms with van der Waals surface area (Å²) in [6.07, 6.45) is 0.913. The molecule has 0 fully saturated rings. The first-order chi connectivity index (χ1) is 5.63. The average molecular weight is 185 g/mol. The van der Waals surface area contributed by atoms with Gasteiger partial charge in [0.1, 0.15) is 0 Å². The summed E-state index contributed by atoms with van der Waals surface area (Å²) >= 11 is 1.75. The third-order valence-electron chi connectivity index (χ3n) is 1.84. The number of thiazole rings is 1. The maximum atomic E-state index is 5.29. The third-order valence-corrected chi connectivity index (χ3v) is 2.93. The van der Waals surface area contributed by atoms with Crippen molar-refractivity contribution in [1.82, 2.24) is 10.4 Å². The van der Waals surface area contributed by atoms with Crippen LogP contribution in [0.4, 0.5) is 0 Å². The summed E-state index contributed by atoms with van der Waals surface area (Å²) in [6.45, 7) is 6.18. The summed E-state index contributed by atoms with van der Waals surface area (Å²) in [4.78, 5) is 5.72. The summed E-state index contributed by atoms with van der Waals surface area (Å²) in [5.74, 6) is 5.29. The van der Waals surface area contributed by atoms with Crippen molar-refractivity contribution in [3.05, 3.63) is 15.6 Å². The quantitative estimate of drug-likeness (QED) is 0.548. The van der Waals surface area contributed by atoms with E-state index in [0.29, 0.717) is 6.04 Å². The van der Waals surface area contributed by atoms with Crippen molar-refractivity contribution in [3.8, 4) is 0 Å². The monoisotopic (exact) mass is 185 g/mol. The summed E-state index contributed by atoms with van der Waals surface area (Å²) in [5, 5.41) is 1.16. The van der Waals surface area contributed by atoms with Crippen LogP contribution >= 0.6 is 11.3 Å². The Morgan fingerprint density at radius 3 is 2.67 bits per heavy atom. The van der Waals surface area contributed by atoms with E-state index in [1.165, 1.54) is 4.88 Å². The normalized spacial score (nSPS) is 13.3. The van der Waals surface area contributed by atoms with E-state index in [4.69, 9.17) is 5.84 Å². The first kappa shape index (κ1) is 9.64. The van der Waals surface area contributed by atoms with Crippen molar-refractivity contribution < 1.29 is 0 Å². The van der Waals surface area contributed by atoms with Gasteiger partial charge in [-0.15, -0.1) is 11.3 Å². The highest BCUT2D eigenvalue weighted by Gasteiger charge is 2.06. The van der Waals surface area contributed by atoms with Gasteiger partial charge in [0, 0.05) is 17.3 Å². The number of hydrogen-bond acceptors (Lipinski definition) is 4. The summed E-state index contributed by atoms with van der Waals surface area (Å²) in [6, 6.07) is 0.301. The highest BCUT2D eigenvalue weighted by Crippen LogP contribution is 2.17. The molecule has 0 radical (unpaired) electrons. The molecule has 3 nitrogen and oxygen atoms in total. The second kappa shape index (κ2) is 3.98. The van der Waals surface area contributed by atoms with Gasteiger partial charge in [-0.3, -0.25) is 11.3 Å². The number of nitrogens with one attached hydrogen (secondary N) is 1. The smallest absolute Gasteiger partial charge is 0.0946 e. The minimum atomic E-state index is 0.301. The zero-order chi connectivity index (χ0) is 9.14. The van der Waals surface area contributed by atoms with E-state index >= 15 is 0 Å². The van der Waals surface area contributed by atoms with Gasteiger partial charge in [-0.05, 0) is 20.8 Å². The number of hydrazine groups is 1. The van der Waals surface area contributed by atoms with E-state index in [0.717, 1.165) is 17.1 Å². The van der Waals surface area contributed by atoms with Gasteiger partial charge < -0.3 is 0 Å². The number of nitrogens with two attached hydrogens (primary N) is 1. The molecule has 0 spiro atoms. The fourth-order valence-corrected chi connectivity index (χ4v) is 2.01. The van der Waals surface area contributed by atoms with E-state index < -0.39 is 0 Å². The van der Waals surface area contributed by atoms with Crippen LogP contribution in [0, 0.1) is 13.8 Å². The molecular formula is C8H15N3S. The first-order valence-electron chi connectivity index (χ1n) is 4.02. The van der Waals surface area contributed by atoms with Gasteiger partial charge in [0.15, 0.2) is 0 Å². The Labute approximate surface area is 77.0 Å². The SMILES string of the molecule is Cc1nc(CC(C)NN)sc1C. The van der Waals surface area contributed by atoms with Gasteiger partial charge in [-0.2, -0.15) is 0 Å². The Kier molecular flexibility index (Phi) is 3.20. The number of rotatable bonds is 3. The Balaban J connectivity index is 2.64. The Morgan fingerprint density at radius 2 is 2.25 bits per heavy atom. The van der Waals surface area contributed by atoms with Gasteiger partial charge in [-0.25, -0.2) is 4.98 Å². The first-order valence-corrected chi connectivity index (χ1v) is 4.84. The molecule has 0 aromatic carbocycles. The lowest BCUT2D eigenvalue weighted by Gasteiger charge is -2.05. The fraction of sp³-hybridized carbons (Fsp3) is 0.625. The summed E-state index contributed by atoms with van der Waals surface area (Å²) in [5.41, 5.74) is 3.85. The molecular weight excluding hydrogens is 170 g/mol. The van der Waals surface area contributed by atoms with Crippen molar-refractivity contribution in [1.29, 1.82) is 0 Å². The van der Waals surface area contributed by atoms with Crippen LogP contribution in [0.3, 0.4) is 0 Å². The zero-order valence-electron chi connectivity index (χ0n) is 7.72. The Bertz CT molecular complexity index is 237.